The highest BCUT2D eigenvalue weighted by Gasteiger charge is 2.51. The van der Waals surface area contributed by atoms with Gasteiger partial charge in [-0.2, -0.15) is 10.5 Å². The van der Waals surface area contributed by atoms with E-state index in [0.29, 0.717) is 0 Å². The van der Waals surface area contributed by atoms with Gasteiger partial charge in [0.15, 0.2) is 0 Å². The van der Waals surface area contributed by atoms with Gasteiger partial charge in [-0.25, -0.2) is 0 Å². The number of nitriles is 2. The van der Waals surface area contributed by atoms with Crippen LogP contribution in [0.25, 0.3) is 0 Å². The van der Waals surface area contributed by atoms with Crippen LogP contribution in [0.1, 0.15) is 18.1 Å². The molecule has 3 heteroatoms. The maximum absolute atomic E-state index is 10.0. The predicted octanol–water partition coefficient (Wildman–Crippen LogP) is 2.98. The standard InChI is InChI=1S/C18H17N3/c1-17(12-19,13-20)18(14-21,15-8-4-2-5-9-15)16-10-6-3-7-11-16/h2-11H,12,19H2,1H3. The van der Waals surface area contributed by atoms with Crippen LogP contribution < -0.4 is 5.73 Å². The molecule has 1 atom stereocenters. The van der Waals surface area contributed by atoms with Crippen LogP contribution in [0.2, 0.25) is 0 Å². The molecule has 0 aliphatic heterocycles. The van der Waals surface area contributed by atoms with Crippen molar-refractivity contribution in [2.45, 2.75) is 12.3 Å². The summed E-state index contributed by atoms with van der Waals surface area (Å²) < 4.78 is 0. The highest BCUT2D eigenvalue weighted by Crippen LogP contribution is 2.46. The fourth-order valence-electron chi connectivity index (χ4n) is 2.72. The lowest BCUT2D eigenvalue weighted by atomic mass is 9.59. The summed E-state index contributed by atoms with van der Waals surface area (Å²) in [5.74, 6) is 0. The van der Waals surface area contributed by atoms with E-state index in [2.05, 4.69) is 12.1 Å². The molecular formula is C18H17N3. The van der Waals surface area contributed by atoms with Crippen LogP contribution in [0.4, 0.5) is 0 Å². The molecule has 0 fully saturated rings. The molecule has 0 amide bonds. The van der Waals surface area contributed by atoms with Crippen molar-refractivity contribution in [1.29, 1.82) is 10.5 Å². The average Bonchev–Trinajstić information content (AvgIpc) is 2.57. The van der Waals surface area contributed by atoms with E-state index in [4.69, 9.17) is 5.73 Å². The largest absolute Gasteiger partial charge is 0.329 e. The number of rotatable bonds is 4. The first-order chi connectivity index (χ1) is 10.1. The van der Waals surface area contributed by atoms with Crippen molar-refractivity contribution >= 4 is 0 Å². The van der Waals surface area contributed by atoms with E-state index in [1.54, 1.807) is 6.92 Å². The van der Waals surface area contributed by atoms with Gasteiger partial charge in [-0.15, -0.1) is 0 Å². The first kappa shape index (κ1) is 14.8. The molecule has 0 aliphatic rings. The minimum absolute atomic E-state index is 0.0981. The summed E-state index contributed by atoms with van der Waals surface area (Å²) in [6.45, 7) is 1.84. The topological polar surface area (TPSA) is 73.6 Å². The van der Waals surface area contributed by atoms with Gasteiger partial charge in [0.05, 0.1) is 17.6 Å². The summed E-state index contributed by atoms with van der Waals surface area (Å²) >= 11 is 0. The molecule has 0 saturated carbocycles. The fourth-order valence-corrected chi connectivity index (χ4v) is 2.72. The molecule has 0 saturated heterocycles. The van der Waals surface area contributed by atoms with Gasteiger partial charge in [-0.3, -0.25) is 0 Å². The molecule has 0 heterocycles. The van der Waals surface area contributed by atoms with Gasteiger partial charge in [-0.1, -0.05) is 60.7 Å². The number of nitrogens with two attached hydrogens (primary N) is 1. The molecule has 2 aromatic carbocycles. The molecule has 21 heavy (non-hydrogen) atoms. The molecule has 2 N–H and O–H groups in total. The molecule has 0 radical (unpaired) electrons. The highest BCUT2D eigenvalue weighted by atomic mass is 14.7. The first-order valence-electron chi connectivity index (χ1n) is 6.78. The number of hydrogen-bond donors (Lipinski definition) is 1. The van der Waals surface area contributed by atoms with E-state index in [1.807, 2.05) is 60.7 Å². The average molecular weight is 275 g/mol. The fraction of sp³-hybridized carbons (Fsp3) is 0.222. The highest BCUT2D eigenvalue weighted by molar-refractivity contribution is 5.51. The van der Waals surface area contributed by atoms with Crippen molar-refractivity contribution in [3.8, 4) is 12.1 Å². The number of nitrogens with zero attached hydrogens (tertiary/aromatic N) is 2. The second kappa shape index (κ2) is 5.79. The molecule has 1 unspecified atom stereocenters. The van der Waals surface area contributed by atoms with E-state index in [9.17, 15) is 10.5 Å². The normalized spacial score (nSPS) is 13.7. The van der Waals surface area contributed by atoms with E-state index in [1.165, 1.54) is 0 Å². The maximum atomic E-state index is 10.0. The molecule has 104 valence electrons. The summed E-state index contributed by atoms with van der Waals surface area (Å²) in [7, 11) is 0. The van der Waals surface area contributed by atoms with Gasteiger partial charge in [0.2, 0.25) is 0 Å². The van der Waals surface area contributed by atoms with Gasteiger partial charge in [0.25, 0.3) is 0 Å². The zero-order valence-electron chi connectivity index (χ0n) is 12.0. The lowest BCUT2D eigenvalue weighted by Gasteiger charge is -2.39. The van der Waals surface area contributed by atoms with Crippen molar-refractivity contribution in [3.05, 3.63) is 71.8 Å². The SMILES string of the molecule is CC(C#N)(CN)C(C#N)(c1ccccc1)c1ccccc1. The van der Waals surface area contributed by atoms with Crippen LogP contribution in [0.15, 0.2) is 60.7 Å². The molecule has 2 rings (SSSR count). The number of hydrogen-bond acceptors (Lipinski definition) is 3. The first-order valence-corrected chi connectivity index (χ1v) is 6.78. The molecule has 0 bridgehead atoms. The van der Waals surface area contributed by atoms with Crippen molar-refractivity contribution in [1.82, 2.24) is 0 Å². The Balaban J connectivity index is 2.83. The Labute approximate surface area is 125 Å². The molecule has 2 aromatic rings. The van der Waals surface area contributed by atoms with E-state index in [-0.39, 0.29) is 6.54 Å². The predicted molar refractivity (Wildman–Crippen MR) is 82.1 cm³/mol. The zero-order valence-corrected chi connectivity index (χ0v) is 12.0. The summed E-state index contributed by atoms with van der Waals surface area (Å²) in [5, 5.41) is 19.7. The van der Waals surface area contributed by atoms with Gasteiger partial charge >= 0.3 is 0 Å². The van der Waals surface area contributed by atoms with Crippen LogP contribution in [0.3, 0.4) is 0 Å². The molecular weight excluding hydrogens is 258 g/mol. The Hall–Kier alpha value is -2.62. The van der Waals surface area contributed by atoms with Crippen LogP contribution in [-0.4, -0.2) is 6.54 Å². The quantitative estimate of drug-likeness (QED) is 0.932. The molecule has 0 spiro atoms. The van der Waals surface area contributed by atoms with Gasteiger partial charge in [-0.05, 0) is 18.1 Å². The Morgan fingerprint density at radius 2 is 1.29 bits per heavy atom. The van der Waals surface area contributed by atoms with Crippen LogP contribution in [0.5, 0.6) is 0 Å². The number of benzene rings is 2. The maximum Gasteiger partial charge on any atom is 0.127 e. The van der Waals surface area contributed by atoms with Crippen LogP contribution in [-0.2, 0) is 5.41 Å². The summed E-state index contributed by atoms with van der Waals surface area (Å²) in [6.07, 6.45) is 0. The lowest BCUT2D eigenvalue weighted by Crippen LogP contribution is -2.47. The van der Waals surface area contributed by atoms with Crippen LogP contribution in [0, 0.1) is 28.1 Å². The van der Waals surface area contributed by atoms with Crippen LogP contribution >= 0.6 is 0 Å². The smallest absolute Gasteiger partial charge is 0.127 e. The Kier molecular flexibility index (Phi) is 4.08. The zero-order chi connectivity index (χ0) is 15.3. The van der Waals surface area contributed by atoms with E-state index < -0.39 is 10.8 Å². The summed E-state index contributed by atoms with van der Waals surface area (Å²) in [6, 6.07) is 23.4. The summed E-state index contributed by atoms with van der Waals surface area (Å²) in [4.78, 5) is 0. The third-order valence-corrected chi connectivity index (χ3v) is 4.06. The molecule has 0 aromatic heterocycles. The third-order valence-electron chi connectivity index (χ3n) is 4.06. The van der Waals surface area contributed by atoms with Crippen molar-refractivity contribution in [2.75, 3.05) is 6.54 Å². The van der Waals surface area contributed by atoms with Crippen molar-refractivity contribution in [3.63, 3.8) is 0 Å². The lowest BCUT2D eigenvalue weighted by molar-refractivity contribution is 0.326. The van der Waals surface area contributed by atoms with Gasteiger partial charge in [0.1, 0.15) is 5.41 Å². The van der Waals surface area contributed by atoms with E-state index in [0.717, 1.165) is 11.1 Å². The minimum atomic E-state index is -1.10. The second-order valence-electron chi connectivity index (χ2n) is 5.24. The Bertz CT molecular complexity index is 640. The van der Waals surface area contributed by atoms with Gasteiger partial charge < -0.3 is 5.73 Å². The van der Waals surface area contributed by atoms with Gasteiger partial charge in [0, 0.05) is 6.54 Å². The molecule has 3 nitrogen and oxygen atoms in total. The second-order valence-corrected chi connectivity index (χ2v) is 5.24. The monoisotopic (exact) mass is 275 g/mol. The summed E-state index contributed by atoms with van der Waals surface area (Å²) in [5.41, 5.74) is 5.33. The molecule has 0 aliphatic carbocycles. The minimum Gasteiger partial charge on any atom is -0.329 e. The van der Waals surface area contributed by atoms with Crippen molar-refractivity contribution in [2.24, 2.45) is 11.1 Å². The Morgan fingerprint density at radius 1 is 0.857 bits per heavy atom. The Morgan fingerprint density at radius 3 is 1.57 bits per heavy atom. The van der Waals surface area contributed by atoms with E-state index >= 15 is 0 Å². The van der Waals surface area contributed by atoms with Crippen molar-refractivity contribution < 1.29 is 0 Å². The third kappa shape index (κ3) is 2.18.